The van der Waals surface area contributed by atoms with Crippen LogP contribution in [0.15, 0.2) is 47.3 Å². The number of hydrogen-bond donors (Lipinski definition) is 1. The SMILES string of the molecule is CC(C)n1c(=O)sc2cc(NC(=O)CSCc3cccc(Cl)c3)ccc21. The van der Waals surface area contributed by atoms with Crippen LogP contribution >= 0.6 is 34.7 Å². The molecule has 0 aliphatic heterocycles. The van der Waals surface area contributed by atoms with Gasteiger partial charge in [0.1, 0.15) is 0 Å². The molecule has 3 rings (SSSR count). The number of aromatic nitrogens is 1. The third-order valence-electron chi connectivity index (χ3n) is 3.80. The van der Waals surface area contributed by atoms with Gasteiger partial charge in [-0.2, -0.15) is 0 Å². The minimum Gasteiger partial charge on any atom is -0.325 e. The summed E-state index contributed by atoms with van der Waals surface area (Å²) in [6.07, 6.45) is 0. The standard InChI is InChI=1S/C19H19ClN2O2S2/c1-12(2)22-16-7-6-15(9-17(16)26-19(22)24)21-18(23)11-25-10-13-4-3-5-14(20)8-13/h3-9,12H,10-11H2,1-2H3,(H,21,23). The van der Waals surface area contributed by atoms with E-state index >= 15 is 0 Å². The molecule has 0 bridgehead atoms. The second kappa shape index (κ2) is 8.29. The van der Waals surface area contributed by atoms with Gasteiger partial charge in [-0.15, -0.1) is 11.8 Å². The Bertz CT molecular complexity index is 995. The summed E-state index contributed by atoms with van der Waals surface area (Å²) in [4.78, 5) is 24.3. The van der Waals surface area contributed by atoms with Crippen molar-refractivity contribution in [3.8, 4) is 0 Å². The molecule has 0 unspecified atom stereocenters. The zero-order chi connectivity index (χ0) is 18.7. The van der Waals surface area contributed by atoms with Crippen molar-refractivity contribution in [1.82, 2.24) is 4.57 Å². The van der Waals surface area contributed by atoms with Crippen LogP contribution in [-0.4, -0.2) is 16.2 Å². The number of anilines is 1. The van der Waals surface area contributed by atoms with Crippen molar-refractivity contribution in [1.29, 1.82) is 0 Å². The number of thiazole rings is 1. The molecule has 1 N–H and O–H groups in total. The molecule has 3 aromatic rings. The van der Waals surface area contributed by atoms with E-state index in [0.717, 1.165) is 21.5 Å². The van der Waals surface area contributed by atoms with Gasteiger partial charge in [-0.1, -0.05) is 35.1 Å². The molecule has 0 radical (unpaired) electrons. The van der Waals surface area contributed by atoms with E-state index in [1.807, 2.05) is 56.3 Å². The van der Waals surface area contributed by atoms with E-state index in [0.29, 0.717) is 16.5 Å². The van der Waals surface area contributed by atoms with Crippen molar-refractivity contribution in [2.45, 2.75) is 25.6 Å². The van der Waals surface area contributed by atoms with Crippen molar-refractivity contribution in [2.75, 3.05) is 11.1 Å². The summed E-state index contributed by atoms with van der Waals surface area (Å²) in [6.45, 7) is 3.97. The molecular formula is C19H19ClN2O2S2. The summed E-state index contributed by atoms with van der Waals surface area (Å²) >= 11 is 8.70. The molecule has 26 heavy (non-hydrogen) atoms. The maximum absolute atomic E-state index is 12.2. The molecule has 1 aromatic heterocycles. The topological polar surface area (TPSA) is 51.1 Å². The van der Waals surface area contributed by atoms with Crippen LogP contribution in [0.3, 0.4) is 0 Å². The first kappa shape index (κ1) is 19.0. The van der Waals surface area contributed by atoms with Gasteiger partial charge in [-0.3, -0.25) is 14.2 Å². The average molecular weight is 407 g/mol. The van der Waals surface area contributed by atoms with E-state index in [-0.39, 0.29) is 16.8 Å². The van der Waals surface area contributed by atoms with Gasteiger partial charge in [0.15, 0.2) is 0 Å². The number of fused-ring (bicyclic) bond motifs is 1. The van der Waals surface area contributed by atoms with Gasteiger partial charge >= 0.3 is 4.87 Å². The molecule has 0 saturated heterocycles. The Hall–Kier alpha value is -1.76. The largest absolute Gasteiger partial charge is 0.325 e. The number of nitrogens with zero attached hydrogens (tertiary/aromatic N) is 1. The molecule has 0 aliphatic rings. The second-order valence-electron chi connectivity index (χ2n) is 6.19. The molecule has 0 fully saturated rings. The number of halogens is 1. The number of rotatable bonds is 6. The number of amides is 1. The summed E-state index contributed by atoms with van der Waals surface area (Å²) < 4.78 is 2.65. The lowest BCUT2D eigenvalue weighted by molar-refractivity contribution is -0.113. The Kier molecular flexibility index (Phi) is 6.06. The molecule has 4 nitrogen and oxygen atoms in total. The summed E-state index contributed by atoms with van der Waals surface area (Å²) in [5, 5.41) is 3.60. The molecule has 136 valence electrons. The summed E-state index contributed by atoms with van der Waals surface area (Å²) in [6, 6.07) is 13.3. The van der Waals surface area contributed by atoms with E-state index in [2.05, 4.69) is 5.32 Å². The fourth-order valence-corrected chi connectivity index (χ4v) is 4.73. The Balaban J connectivity index is 1.61. The van der Waals surface area contributed by atoms with Gasteiger partial charge in [-0.25, -0.2) is 0 Å². The molecule has 0 spiro atoms. The van der Waals surface area contributed by atoms with Crippen LogP contribution in [0.25, 0.3) is 10.2 Å². The van der Waals surface area contributed by atoms with Crippen LogP contribution in [0.1, 0.15) is 25.5 Å². The molecule has 2 aromatic carbocycles. The summed E-state index contributed by atoms with van der Waals surface area (Å²) in [7, 11) is 0. The fourth-order valence-electron chi connectivity index (χ4n) is 2.69. The lowest BCUT2D eigenvalue weighted by Gasteiger charge is -2.08. The molecule has 1 heterocycles. The Labute approximate surface area is 165 Å². The molecule has 0 atom stereocenters. The van der Waals surface area contributed by atoms with Crippen molar-refractivity contribution in [2.24, 2.45) is 0 Å². The monoisotopic (exact) mass is 406 g/mol. The average Bonchev–Trinajstić information content (AvgIpc) is 2.90. The predicted molar refractivity (Wildman–Crippen MR) is 113 cm³/mol. The molecule has 7 heteroatoms. The van der Waals surface area contributed by atoms with E-state index in [9.17, 15) is 9.59 Å². The first-order chi connectivity index (χ1) is 12.4. The Morgan fingerprint density at radius 3 is 2.81 bits per heavy atom. The van der Waals surface area contributed by atoms with Crippen molar-refractivity contribution in [3.63, 3.8) is 0 Å². The molecular weight excluding hydrogens is 388 g/mol. The van der Waals surface area contributed by atoms with Gasteiger partial charge in [0.2, 0.25) is 5.91 Å². The first-order valence-corrected chi connectivity index (χ1v) is 10.6. The normalized spacial score (nSPS) is 11.2. The smallest absolute Gasteiger partial charge is 0.308 e. The van der Waals surface area contributed by atoms with Gasteiger partial charge in [0.25, 0.3) is 0 Å². The zero-order valence-corrected chi connectivity index (χ0v) is 16.9. The van der Waals surface area contributed by atoms with Crippen LogP contribution in [-0.2, 0) is 10.5 Å². The minimum atomic E-state index is -0.0629. The number of benzene rings is 2. The lowest BCUT2D eigenvalue weighted by atomic mass is 10.2. The van der Waals surface area contributed by atoms with Gasteiger partial charge in [-0.05, 0) is 49.7 Å². The highest BCUT2D eigenvalue weighted by Gasteiger charge is 2.11. The van der Waals surface area contributed by atoms with Gasteiger partial charge < -0.3 is 5.32 Å². The fraction of sp³-hybridized carbons (Fsp3) is 0.263. The highest BCUT2D eigenvalue weighted by Crippen LogP contribution is 2.24. The van der Waals surface area contributed by atoms with E-state index in [1.165, 1.54) is 23.1 Å². The van der Waals surface area contributed by atoms with Crippen molar-refractivity contribution < 1.29 is 4.79 Å². The minimum absolute atomic E-state index is 0.0237. The maximum Gasteiger partial charge on any atom is 0.308 e. The molecule has 0 aliphatic carbocycles. The number of nitrogens with one attached hydrogen (secondary N) is 1. The third-order valence-corrected chi connectivity index (χ3v) is 5.96. The molecule has 1 amide bonds. The van der Waals surface area contributed by atoms with Gasteiger partial charge in [0, 0.05) is 22.5 Å². The lowest BCUT2D eigenvalue weighted by Crippen LogP contribution is -2.15. The van der Waals surface area contributed by atoms with Crippen LogP contribution in [0.2, 0.25) is 5.02 Å². The second-order valence-corrected chi connectivity index (χ2v) is 8.60. The Morgan fingerprint density at radius 1 is 1.27 bits per heavy atom. The van der Waals surface area contributed by atoms with Gasteiger partial charge in [0.05, 0.1) is 16.0 Å². The van der Waals surface area contributed by atoms with E-state index in [1.54, 1.807) is 4.57 Å². The maximum atomic E-state index is 12.2. The highest BCUT2D eigenvalue weighted by atomic mass is 35.5. The zero-order valence-electron chi connectivity index (χ0n) is 14.5. The summed E-state index contributed by atoms with van der Waals surface area (Å²) in [5.41, 5.74) is 2.71. The number of thioether (sulfide) groups is 1. The van der Waals surface area contributed by atoms with Crippen LogP contribution in [0.5, 0.6) is 0 Å². The van der Waals surface area contributed by atoms with Crippen LogP contribution < -0.4 is 10.2 Å². The number of hydrogen-bond acceptors (Lipinski definition) is 4. The van der Waals surface area contributed by atoms with E-state index in [4.69, 9.17) is 11.6 Å². The first-order valence-electron chi connectivity index (χ1n) is 8.21. The summed E-state index contributed by atoms with van der Waals surface area (Å²) in [5.74, 6) is 1.02. The number of carbonyl (C=O) groups is 1. The van der Waals surface area contributed by atoms with Crippen molar-refractivity contribution >= 4 is 56.5 Å². The van der Waals surface area contributed by atoms with E-state index < -0.39 is 0 Å². The third kappa shape index (κ3) is 4.50. The predicted octanol–water partition coefficient (Wildman–Crippen LogP) is 5.17. The van der Waals surface area contributed by atoms with Crippen molar-refractivity contribution in [3.05, 3.63) is 62.7 Å². The number of carbonyl (C=O) groups excluding carboxylic acids is 1. The van der Waals surface area contributed by atoms with Crippen LogP contribution in [0, 0.1) is 0 Å². The highest BCUT2D eigenvalue weighted by molar-refractivity contribution is 7.99. The van der Waals surface area contributed by atoms with Crippen LogP contribution in [0.4, 0.5) is 5.69 Å². The quantitative estimate of drug-likeness (QED) is 0.614. The molecule has 0 saturated carbocycles. The Morgan fingerprint density at radius 2 is 2.08 bits per heavy atom.